The minimum absolute atomic E-state index is 0.00895. The maximum Gasteiger partial charge on any atom is 0.341 e. The van der Waals surface area contributed by atoms with E-state index in [1.54, 1.807) is 23.8 Å². The Morgan fingerprint density at radius 3 is 2.58 bits per heavy atom. The number of rotatable bonds is 8. The first-order valence-corrected chi connectivity index (χ1v) is 11.8. The second-order valence-corrected chi connectivity index (χ2v) is 8.00. The summed E-state index contributed by atoms with van der Waals surface area (Å²) in [5.74, 6) is -1.25. The van der Waals surface area contributed by atoms with Gasteiger partial charge in [0.15, 0.2) is 5.49 Å². The van der Waals surface area contributed by atoms with Crippen LogP contribution in [0.5, 0.6) is 0 Å². The Morgan fingerprint density at radius 2 is 1.86 bits per heavy atom. The van der Waals surface area contributed by atoms with E-state index in [-0.39, 0.29) is 28.6 Å². The summed E-state index contributed by atoms with van der Waals surface area (Å²) in [5.41, 5.74) is 1.65. The van der Waals surface area contributed by atoms with E-state index in [0.29, 0.717) is 43.0 Å². The van der Waals surface area contributed by atoms with E-state index in [9.17, 15) is 14.4 Å². The summed E-state index contributed by atoms with van der Waals surface area (Å²) in [5, 5.41) is 0.216. The van der Waals surface area contributed by atoms with Gasteiger partial charge >= 0.3 is 5.97 Å². The maximum atomic E-state index is 13.5. The Bertz CT molecular complexity index is 1560. The monoisotopic (exact) mass is 489 g/mol. The number of pyridine rings is 3. The van der Waals surface area contributed by atoms with Gasteiger partial charge < -0.3 is 14.0 Å². The quantitative estimate of drug-likeness (QED) is 0.212. The second-order valence-electron chi connectivity index (χ2n) is 8.00. The van der Waals surface area contributed by atoms with Crippen LogP contribution in [0.2, 0.25) is 0 Å². The molecule has 0 saturated heterocycles. The fraction of sp³-hybridized carbons (Fsp3) is 0.308. The molecule has 0 aliphatic carbocycles. The molecule has 10 heteroatoms. The molecule has 4 heterocycles. The lowest BCUT2D eigenvalue weighted by Gasteiger charge is -2.15. The molecular formula is C26H27N5O5. The predicted molar refractivity (Wildman–Crippen MR) is 133 cm³/mol. The van der Waals surface area contributed by atoms with Crippen molar-refractivity contribution in [1.82, 2.24) is 18.9 Å². The number of hydrogen-bond acceptors (Lipinski definition) is 7. The number of aromatic nitrogens is 4. The first-order valence-electron chi connectivity index (χ1n) is 11.8. The summed E-state index contributed by atoms with van der Waals surface area (Å²) in [4.78, 5) is 52.6. The van der Waals surface area contributed by atoms with Gasteiger partial charge in [0.25, 0.3) is 11.5 Å². The third-order valence-electron chi connectivity index (χ3n) is 5.61. The highest BCUT2D eigenvalue weighted by molar-refractivity contribution is 5.97. The number of nitrogens with zero attached hydrogens (tertiary/aromatic N) is 5. The van der Waals surface area contributed by atoms with Crippen molar-refractivity contribution in [2.24, 2.45) is 4.99 Å². The Labute approximate surface area is 206 Å². The highest BCUT2D eigenvalue weighted by atomic mass is 16.5. The van der Waals surface area contributed by atoms with Gasteiger partial charge in [-0.1, -0.05) is 6.07 Å². The van der Waals surface area contributed by atoms with Crippen LogP contribution in [0.15, 0.2) is 58.7 Å². The molecule has 0 fully saturated rings. The Balaban J connectivity index is 2.09. The van der Waals surface area contributed by atoms with Crippen LogP contribution in [0.3, 0.4) is 0 Å². The van der Waals surface area contributed by atoms with Gasteiger partial charge in [-0.15, -0.1) is 0 Å². The van der Waals surface area contributed by atoms with Crippen LogP contribution in [0.25, 0.3) is 16.7 Å². The van der Waals surface area contributed by atoms with Crippen LogP contribution < -0.4 is 11.0 Å². The number of aryl methyl sites for hydroxylation is 2. The van der Waals surface area contributed by atoms with Crippen molar-refractivity contribution >= 4 is 28.6 Å². The standard InChI is InChI=1S/C26H27N5O5/c1-4-35-15-7-14-30-22-19(25(33)31-13-6-8-17(3)21(31)28-22)16-20(26(34)36-5-2)23(30)29-24(32)18-9-11-27-12-10-18/h6,8-13,16H,4-5,7,14-15H2,1-3H3. The summed E-state index contributed by atoms with van der Waals surface area (Å²) in [6, 6.07) is 8.11. The molecule has 0 spiro atoms. The molecule has 0 aromatic carbocycles. The van der Waals surface area contributed by atoms with Gasteiger partial charge in [0.05, 0.1) is 12.0 Å². The van der Waals surface area contributed by atoms with Crippen LogP contribution in [0, 0.1) is 6.92 Å². The number of fused-ring (bicyclic) bond motifs is 2. The normalized spacial score (nSPS) is 11.8. The van der Waals surface area contributed by atoms with Gasteiger partial charge in [0, 0.05) is 43.9 Å². The Hall–Kier alpha value is -4.18. The zero-order chi connectivity index (χ0) is 25.7. The first kappa shape index (κ1) is 24.9. The number of carbonyl (C=O) groups is 2. The minimum Gasteiger partial charge on any atom is -0.462 e. The lowest BCUT2D eigenvalue weighted by atomic mass is 10.2. The predicted octanol–water partition coefficient (Wildman–Crippen LogP) is 2.70. The van der Waals surface area contributed by atoms with Crippen molar-refractivity contribution in [3.8, 4) is 0 Å². The van der Waals surface area contributed by atoms with Gasteiger partial charge in [-0.05, 0) is 57.0 Å². The van der Waals surface area contributed by atoms with Crippen LogP contribution in [-0.4, -0.2) is 50.6 Å². The molecule has 0 atom stereocenters. The first-order chi connectivity index (χ1) is 17.5. The zero-order valence-corrected chi connectivity index (χ0v) is 20.4. The molecule has 0 radical (unpaired) electrons. The van der Waals surface area contributed by atoms with Crippen LogP contribution in [0.1, 0.15) is 46.5 Å². The van der Waals surface area contributed by atoms with Crippen molar-refractivity contribution in [3.63, 3.8) is 0 Å². The fourth-order valence-corrected chi connectivity index (χ4v) is 3.90. The van der Waals surface area contributed by atoms with E-state index < -0.39 is 11.9 Å². The third kappa shape index (κ3) is 4.94. The number of carbonyl (C=O) groups excluding carboxylic acids is 2. The van der Waals surface area contributed by atoms with Crippen molar-refractivity contribution in [2.75, 3.05) is 19.8 Å². The Morgan fingerprint density at radius 1 is 1.08 bits per heavy atom. The van der Waals surface area contributed by atoms with Crippen LogP contribution >= 0.6 is 0 Å². The van der Waals surface area contributed by atoms with E-state index in [1.807, 2.05) is 19.9 Å². The molecular weight excluding hydrogens is 462 g/mol. The van der Waals surface area contributed by atoms with Gasteiger partial charge in [0.1, 0.15) is 16.9 Å². The van der Waals surface area contributed by atoms with Crippen LogP contribution in [-0.2, 0) is 16.0 Å². The van der Waals surface area contributed by atoms with Gasteiger partial charge in [-0.25, -0.2) is 9.78 Å². The van der Waals surface area contributed by atoms with Crippen molar-refractivity contribution in [1.29, 1.82) is 0 Å². The highest BCUT2D eigenvalue weighted by Gasteiger charge is 2.20. The number of hydrogen-bond donors (Lipinski definition) is 0. The van der Waals surface area contributed by atoms with Gasteiger partial charge in [0.2, 0.25) is 0 Å². The molecule has 186 valence electrons. The molecule has 0 bridgehead atoms. The van der Waals surface area contributed by atoms with Gasteiger partial charge in [-0.3, -0.25) is 19.0 Å². The molecule has 0 unspecified atom stereocenters. The van der Waals surface area contributed by atoms with E-state index >= 15 is 0 Å². The van der Waals surface area contributed by atoms with Crippen molar-refractivity contribution in [2.45, 2.75) is 33.7 Å². The molecule has 4 rings (SSSR count). The molecule has 10 nitrogen and oxygen atoms in total. The SMILES string of the molecule is CCOCCCn1c(=NC(=O)c2ccncc2)c(C(=O)OCC)cc2c(=O)n3cccc(C)c3nc21. The average Bonchev–Trinajstić information content (AvgIpc) is 2.88. The molecule has 0 aliphatic rings. The van der Waals surface area contributed by atoms with E-state index in [0.717, 1.165) is 5.56 Å². The molecule has 36 heavy (non-hydrogen) atoms. The smallest absolute Gasteiger partial charge is 0.341 e. The summed E-state index contributed by atoms with van der Waals surface area (Å²) in [6.45, 7) is 6.86. The molecule has 4 aromatic rings. The third-order valence-corrected chi connectivity index (χ3v) is 5.61. The van der Waals surface area contributed by atoms with E-state index in [2.05, 4.69) is 9.98 Å². The lowest BCUT2D eigenvalue weighted by Crippen LogP contribution is -2.33. The topological polar surface area (TPSA) is 117 Å². The number of esters is 1. The number of amides is 1. The largest absolute Gasteiger partial charge is 0.462 e. The van der Waals surface area contributed by atoms with Crippen LogP contribution in [0.4, 0.5) is 0 Å². The lowest BCUT2D eigenvalue weighted by molar-refractivity contribution is 0.0523. The van der Waals surface area contributed by atoms with E-state index in [4.69, 9.17) is 14.5 Å². The summed E-state index contributed by atoms with van der Waals surface area (Å²) in [7, 11) is 0. The zero-order valence-electron chi connectivity index (χ0n) is 20.4. The maximum absolute atomic E-state index is 13.5. The van der Waals surface area contributed by atoms with Crippen molar-refractivity contribution in [3.05, 3.63) is 81.5 Å². The van der Waals surface area contributed by atoms with E-state index in [1.165, 1.54) is 35.0 Å². The average molecular weight is 490 g/mol. The Kier molecular flexibility index (Phi) is 7.65. The second kappa shape index (κ2) is 11.0. The summed E-state index contributed by atoms with van der Waals surface area (Å²) < 4.78 is 13.8. The summed E-state index contributed by atoms with van der Waals surface area (Å²) >= 11 is 0. The summed E-state index contributed by atoms with van der Waals surface area (Å²) in [6.07, 6.45) is 5.15. The molecule has 0 N–H and O–H groups in total. The minimum atomic E-state index is -0.687. The highest BCUT2D eigenvalue weighted by Crippen LogP contribution is 2.14. The van der Waals surface area contributed by atoms with Crippen molar-refractivity contribution < 1.29 is 19.1 Å². The van der Waals surface area contributed by atoms with Gasteiger partial charge in [-0.2, -0.15) is 4.99 Å². The fourth-order valence-electron chi connectivity index (χ4n) is 3.90. The molecule has 0 saturated carbocycles. The molecule has 0 aliphatic heterocycles. The number of ether oxygens (including phenoxy) is 2. The molecule has 1 amide bonds. The molecule has 4 aromatic heterocycles.